The number of pyridine rings is 1. The summed E-state index contributed by atoms with van der Waals surface area (Å²) in [4.78, 5) is 32.8. The molecule has 0 unspecified atom stereocenters. The summed E-state index contributed by atoms with van der Waals surface area (Å²) in [5.41, 5.74) is 0.682. The van der Waals surface area contributed by atoms with Gasteiger partial charge in [-0.05, 0) is 31.4 Å². The number of hydrogen-bond acceptors (Lipinski definition) is 5. The van der Waals surface area contributed by atoms with E-state index in [1.165, 1.54) is 19.3 Å². The van der Waals surface area contributed by atoms with Crippen molar-refractivity contribution in [2.45, 2.75) is 38.6 Å². The Morgan fingerprint density at radius 2 is 2.08 bits per heavy atom. The molecule has 3 heterocycles. The van der Waals surface area contributed by atoms with Crippen LogP contribution >= 0.6 is 11.8 Å². The zero-order chi connectivity index (χ0) is 16.9. The van der Waals surface area contributed by atoms with Crippen molar-refractivity contribution in [1.82, 2.24) is 9.88 Å². The van der Waals surface area contributed by atoms with Gasteiger partial charge in [0.15, 0.2) is 0 Å². The number of nitrogens with zero attached hydrogens (tertiary/aromatic N) is 3. The number of anilines is 2. The van der Waals surface area contributed by atoms with E-state index in [1.54, 1.807) is 22.9 Å². The third kappa shape index (κ3) is 3.83. The van der Waals surface area contributed by atoms with E-state index in [0.717, 1.165) is 18.9 Å². The number of rotatable bonds is 4. The number of amides is 2. The van der Waals surface area contributed by atoms with Crippen LogP contribution < -0.4 is 10.2 Å². The molecule has 1 atom stereocenters. The topological polar surface area (TPSA) is 65.5 Å². The fourth-order valence-electron chi connectivity index (χ4n) is 3.10. The zero-order valence-electron chi connectivity index (χ0n) is 14.0. The van der Waals surface area contributed by atoms with Crippen molar-refractivity contribution >= 4 is 35.1 Å². The van der Waals surface area contributed by atoms with E-state index < -0.39 is 0 Å². The zero-order valence-corrected chi connectivity index (χ0v) is 14.8. The lowest BCUT2D eigenvalue weighted by atomic mass is 10.1. The molecule has 24 heavy (non-hydrogen) atoms. The maximum Gasteiger partial charge on any atom is 0.248 e. The molecule has 1 aromatic rings. The highest BCUT2D eigenvalue weighted by Crippen LogP contribution is 2.23. The van der Waals surface area contributed by atoms with Gasteiger partial charge in [0, 0.05) is 25.3 Å². The van der Waals surface area contributed by atoms with Gasteiger partial charge in [0.2, 0.25) is 11.8 Å². The molecule has 2 aliphatic heterocycles. The van der Waals surface area contributed by atoms with E-state index in [0.29, 0.717) is 23.7 Å². The maximum atomic E-state index is 12.5. The van der Waals surface area contributed by atoms with Gasteiger partial charge >= 0.3 is 0 Å². The van der Waals surface area contributed by atoms with Crippen LogP contribution in [0.3, 0.4) is 0 Å². The van der Waals surface area contributed by atoms with Gasteiger partial charge in [-0.3, -0.25) is 9.59 Å². The standard InChI is InChI=1S/C17H24N4O2S/c1-2-16(22)21-12-24-11-14(21)17(23)19-13-6-7-15(18-10-13)20-8-4-3-5-9-20/h6-7,10,14H,2-5,8-9,11-12H2,1H3,(H,19,23)/t14-/m0/s1. The number of nitrogens with one attached hydrogen (secondary N) is 1. The van der Waals surface area contributed by atoms with Gasteiger partial charge in [0.1, 0.15) is 11.9 Å². The first-order chi connectivity index (χ1) is 11.7. The van der Waals surface area contributed by atoms with Crippen molar-refractivity contribution in [1.29, 1.82) is 0 Å². The second-order valence-electron chi connectivity index (χ2n) is 6.17. The van der Waals surface area contributed by atoms with Crippen LogP contribution in [-0.2, 0) is 9.59 Å². The summed E-state index contributed by atoms with van der Waals surface area (Å²) in [6, 6.07) is 3.46. The number of carbonyl (C=O) groups excluding carboxylic acids is 2. The fourth-order valence-corrected chi connectivity index (χ4v) is 4.29. The number of piperidine rings is 1. The molecule has 0 spiro atoms. The maximum absolute atomic E-state index is 12.5. The third-order valence-corrected chi connectivity index (χ3v) is 5.52. The quantitative estimate of drug-likeness (QED) is 0.905. The number of aromatic nitrogens is 1. The molecule has 7 heteroatoms. The molecule has 6 nitrogen and oxygen atoms in total. The average molecular weight is 348 g/mol. The second-order valence-corrected chi connectivity index (χ2v) is 7.17. The summed E-state index contributed by atoms with van der Waals surface area (Å²) >= 11 is 1.62. The smallest absolute Gasteiger partial charge is 0.248 e. The molecule has 2 aliphatic rings. The van der Waals surface area contributed by atoms with Crippen molar-refractivity contribution in [2.24, 2.45) is 0 Å². The van der Waals surface area contributed by atoms with Crippen LogP contribution in [0.1, 0.15) is 32.6 Å². The lowest BCUT2D eigenvalue weighted by Crippen LogP contribution is -2.44. The molecule has 130 valence electrons. The van der Waals surface area contributed by atoms with E-state index in [9.17, 15) is 9.59 Å². The van der Waals surface area contributed by atoms with Crippen LogP contribution in [0.15, 0.2) is 18.3 Å². The van der Waals surface area contributed by atoms with Crippen LogP contribution in [-0.4, -0.2) is 52.5 Å². The monoisotopic (exact) mass is 348 g/mol. The molecule has 1 N–H and O–H groups in total. The van der Waals surface area contributed by atoms with Crippen molar-refractivity contribution < 1.29 is 9.59 Å². The lowest BCUT2D eigenvalue weighted by Gasteiger charge is -2.27. The Labute approximate surface area is 147 Å². The number of carbonyl (C=O) groups is 2. The Balaban J connectivity index is 1.61. The average Bonchev–Trinajstić information content (AvgIpc) is 3.12. The Bertz CT molecular complexity index is 587. The van der Waals surface area contributed by atoms with Gasteiger partial charge in [-0.15, -0.1) is 11.8 Å². The Kier molecular flexibility index (Phi) is 5.60. The van der Waals surface area contributed by atoms with Gasteiger partial charge in [-0.1, -0.05) is 6.92 Å². The second kappa shape index (κ2) is 7.88. The van der Waals surface area contributed by atoms with E-state index in [1.807, 2.05) is 19.1 Å². The van der Waals surface area contributed by atoms with Crippen LogP contribution in [0, 0.1) is 0 Å². The van der Waals surface area contributed by atoms with Crippen LogP contribution in [0.4, 0.5) is 11.5 Å². The third-order valence-electron chi connectivity index (χ3n) is 4.50. The normalized spacial score (nSPS) is 21.0. The molecule has 1 aromatic heterocycles. The van der Waals surface area contributed by atoms with Gasteiger partial charge in [0.05, 0.1) is 17.8 Å². The molecule has 0 radical (unpaired) electrons. The molecule has 2 amide bonds. The van der Waals surface area contributed by atoms with Crippen molar-refractivity contribution in [2.75, 3.05) is 34.9 Å². The van der Waals surface area contributed by atoms with E-state index >= 15 is 0 Å². The molecule has 0 saturated carbocycles. The first kappa shape index (κ1) is 17.1. The highest BCUT2D eigenvalue weighted by molar-refractivity contribution is 7.99. The molecule has 2 saturated heterocycles. The molecular weight excluding hydrogens is 324 g/mol. The van der Waals surface area contributed by atoms with Crippen molar-refractivity contribution in [3.05, 3.63) is 18.3 Å². The summed E-state index contributed by atoms with van der Waals surface area (Å²) < 4.78 is 0. The molecule has 0 bridgehead atoms. The van der Waals surface area contributed by atoms with Gasteiger partial charge < -0.3 is 15.1 Å². The molecule has 3 rings (SSSR count). The lowest BCUT2D eigenvalue weighted by molar-refractivity contribution is -0.135. The number of thioether (sulfide) groups is 1. The van der Waals surface area contributed by atoms with Gasteiger partial charge in [-0.2, -0.15) is 0 Å². The minimum absolute atomic E-state index is 0.0266. The minimum atomic E-state index is -0.385. The summed E-state index contributed by atoms with van der Waals surface area (Å²) in [5.74, 6) is 2.10. The van der Waals surface area contributed by atoms with Crippen LogP contribution in [0.25, 0.3) is 0 Å². The summed E-state index contributed by atoms with van der Waals surface area (Å²) in [5, 5.41) is 2.90. The van der Waals surface area contributed by atoms with Gasteiger partial charge in [-0.25, -0.2) is 4.98 Å². The Hall–Kier alpha value is -1.76. The fraction of sp³-hybridized carbons (Fsp3) is 0.588. The highest BCUT2D eigenvalue weighted by atomic mass is 32.2. The molecule has 0 aromatic carbocycles. The SMILES string of the molecule is CCC(=O)N1CSC[C@H]1C(=O)Nc1ccc(N2CCCCC2)nc1. The van der Waals surface area contributed by atoms with E-state index in [-0.39, 0.29) is 17.9 Å². The summed E-state index contributed by atoms with van der Waals surface area (Å²) in [6.07, 6.45) is 5.84. The predicted molar refractivity (Wildman–Crippen MR) is 97.2 cm³/mol. The summed E-state index contributed by atoms with van der Waals surface area (Å²) in [7, 11) is 0. The molecule has 0 aliphatic carbocycles. The van der Waals surface area contributed by atoms with Crippen LogP contribution in [0.2, 0.25) is 0 Å². The molecule has 2 fully saturated rings. The van der Waals surface area contributed by atoms with Crippen molar-refractivity contribution in [3.63, 3.8) is 0 Å². The van der Waals surface area contributed by atoms with Crippen molar-refractivity contribution in [3.8, 4) is 0 Å². The van der Waals surface area contributed by atoms with E-state index in [2.05, 4.69) is 15.2 Å². The largest absolute Gasteiger partial charge is 0.357 e. The first-order valence-corrected chi connectivity index (χ1v) is 9.73. The minimum Gasteiger partial charge on any atom is -0.357 e. The molecular formula is C17H24N4O2S. The van der Waals surface area contributed by atoms with E-state index in [4.69, 9.17) is 0 Å². The highest BCUT2D eigenvalue weighted by Gasteiger charge is 2.33. The Morgan fingerprint density at radius 3 is 2.75 bits per heavy atom. The summed E-state index contributed by atoms with van der Waals surface area (Å²) in [6.45, 7) is 3.92. The predicted octanol–water partition coefficient (Wildman–Crippen LogP) is 2.32. The van der Waals surface area contributed by atoms with Crippen LogP contribution in [0.5, 0.6) is 0 Å². The van der Waals surface area contributed by atoms with Gasteiger partial charge in [0.25, 0.3) is 0 Å². The first-order valence-electron chi connectivity index (χ1n) is 8.58. The number of hydrogen-bond donors (Lipinski definition) is 1. The Morgan fingerprint density at radius 1 is 1.29 bits per heavy atom.